The van der Waals surface area contributed by atoms with Crippen LogP contribution in [0.2, 0.25) is 0 Å². The van der Waals surface area contributed by atoms with Crippen molar-refractivity contribution >= 4 is 11.0 Å². The average molecular weight is 1100 g/mol. The van der Waals surface area contributed by atoms with E-state index in [1.54, 1.807) is 48.5 Å². The minimum Gasteiger partial charge on any atom is -0.480 e. The number of aromatic nitrogens is 13. The number of methoxy groups -OCH3 is 1. The van der Waals surface area contributed by atoms with Gasteiger partial charge in [-0.1, -0.05) is 48.5 Å². The van der Waals surface area contributed by atoms with Gasteiger partial charge in [0.15, 0.2) is 23.0 Å². The molecule has 0 bridgehead atoms. The first-order valence-electron chi connectivity index (χ1n) is 25.6. The third-order valence-electron chi connectivity index (χ3n) is 14.0. The summed E-state index contributed by atoms with van der Waals surface area (Å²) in [5.74, 6) is 2.63. The highest BCUT2D eigenvalue weighted by molar-refractivity contribution is 5.87. The molecule has 8 heterocycles. The molecular formula is C55H50F6N14O5. The number of aromatic amines is 1. The first kappa shape index (κ1) is 52.1. The fourth-order valence-corrected chi connectivity index (χ4v) is 9.65. The third-order valence-corrected chi connectivity index (χ3v) is 14.0. The predicted octanol–water partition coefficient (Wildman–Crippen LogP) is 9.96. The van der Waals surface area contributed by atoms with Gasteiger partial charge in [0.2, 0.25) is 23.5 Å². The number of likely N-dealkylation sites (N-methyl/N-ethyl adjacent to an activating group) is 1. The van der Waals surface area contributed by atoms with Crippen LogP contribution in [0.25, 0.3) is 56.6 Å². The van der Waals surface area contributed by atoms with E-state index in [2.05, 4.69) is 34.8 Å². The zero-order chi connectivity index (χ0) is 55.5. The summed E-state index contributed by atoms with van der Waals surface area (Å²) in [4.78, 5) is 51.1. The first-order valence-corrected chi connectivity index (χ1v) is 25.6. The Labute approximate surface area is 452 Å². The number of alkyl halides is 6. The molecule has 25 heteroatoms. The van der Waals surface area contributed by atoms with Crippen molar-refractivity contribution in [3.8, 4) is 69.1 Å². The predicted molar refractivity (Wildman–Crippen MR) is 275 cm³/mol. The lowest BCUT2D eigenvalue weighted by atomic mass is 10.1. The minimum atomic E-state index is -4.58. The van der Waals surface area contributed by atoms with E-state index in [9.17, 15) is 26.3 Å². The molecule has 3 aliphatic rings. The molecule has 2 aliphatic carbocycles. The number of rotatable bonds is 19. The summed E-state index contributed by atoms with van der Waals surface area (Å²) in [7, 11) is 6.52. The molecule has 1 N–H and O–H groups in total. The molecule has 2 aromatic carbocycles. The molecule has 2 fully saturated rings. The van der Waals surface area contributed by atoms with Crippen LogP contribution in [0.15, 0.2) is 79.8 Å². The van der Waals surface area contributed by atoms with Crippen molar-refractivity contribution in [2.75, 3.05) is 27.3 Å². The molecule has 80 heavy (non-hydrogen) atoms. The van der Waals surface area contributed by atoms with Crippen LogP contribution in [0.1, 0.15) is 88.2 Å². The fourth-order valence-electron chi connectivity index (χ4n) is 9.65. The van der Waals surface area contributed by atoms with Gasteiger partial charge in [-0.2, -0.15) is 36.3 Å². The van der Waals surface area contributed by atoms with Gasteiger partial charge in [0.25, 0.3) is 0 Å². The number of benzene rings is 2. The van der Waals surface area contributed by atoms with E-state index in [4.69, 9.17) is 48.6 Å². The van der Waals surface area contributed by atoms with E-state index >= 15 is 0 Å². The smallest absolute Gasteiger partial charge is 0.434 e. The third kappa shape index (κ3) is 10.7. The Morgan fingerprint density at radius 1 is 0.637 bits per heavy atom. The van der Waals surface area contributed by atoms with Gasteiger partial charge >= 0.3 is 12.4 Å². The molecule has 2 saturated carbocycles. The van der Waals surface area contributed by atoms with Gasteiger partial charge in [-0.3, -0.25) is 4.90 Å². The molecule has 12 rings (SSSR count). The van der Waals surface area contributed by atoms with E-state index in [1.807, 2.05) is 13.2 Å². The van der Waals surface area contributed by atoms with Crippen molar-refractivity contribution in [2.45, 2.75) is 82.8 Å². The first-order chi connectivity index (χ1) is 38.6. The summed E-state index contributed by atoms with van der Waals surface area (Å²) in [6.45, 7) is 1.72. The second-order valence-corrected chi connectivity index (χ2v) is 20.0. The number of aryl methyl sites for hydroxylation is 2. The molecule has 7 aromatic heterocycles. The number of ether oxygens (including phenoxy) is 5. The van der Waals surface area contributed by atoms with E-state index < -0.39 is 23.7 Å². The van der Waals surface area contributed by atoms with E-state index in [0.717, 1.165) is 66.2 Å². The Morgan fingerprint density at radius 3 is 1.73 bits per heavy atom. The lowest BCUT2D eigenvalue weighted by molar-refractivity contribution is -0.141. The Balaban J connectivity index is 0.774. The number of imidazole rings is 2. The zero-order valence-corrected chi connectivity index (χ0v) is 43.6. The molecule has 0 amide bonds. The zero-order valence-electron chi connectivity index (χ0n) is 43.6. The molecule has 0 spiro atoms. The van der Waals surface area contributed by atoms with E-state index in [0.29, 0.717) is 86.9 Å². The van der Waals surface area contributed by atoms with Gasteiger partial charge in [0.05, 0.1) is 48.4 Å². The van der Waals surface area contributed by atoms with Crippen molar-refractivity contribution in [2.24, 2.45) is 14.1 Å². The normalized spacial score (nSPS) is 14.5. The van der Waals surface area contributed by atoms with Gasteiger partial charge in [-0.05, 0) is 49.4 Å². The van der Waals surface area contributed by atoms with Gasteiger partial charge < -0.3 is 37.8 Å². The van der Waals surface area contributed by atoms with Gasteiger partial charge in [0, 0.05) is 68.7 Å². The van der Waals surface area contributed by atoms with Crippen LogP contribution < -0.4 is 18.9 Å². The van der Waals surface area contributed by atoms with Crippen LogP contribution in [0.4, 0.5) is 26.3 Å². The van der Waals surface area contributed by atoms with Crippen LogP contribution in [0, 0.1) is 0 Å². The van der Waals surface area contributed by atoms with Crippen molar-refractivity contribution in [1.29, 1.82) is 0 Å². The van der Waals surface area contributed by atoms with Crippen molar-refractivity contribution in [3.05, 3.63) is 130 Å². The van der Waals surface area contributed by atoms with Crippen LogP contribution in [0.3, 0.4) is 0 Å². The number of H-pyrrole nitrogens is 1. The number of hydrogen-bond acceptors (Lipinski definition) is 16. The number of hydrogen-bond donors (Lipinski definition) is 1. The standard InChI is InChI=1S/C55H50F6N14O5/c1-73(17-18-78-52-42(44(32-15-16-32)64-28-66-52)46-67-37-26-77-25-36(37)50(71-46)79-23-29-5-9-33(10-6-29)48-68-38(21-74(48)2)54(56,57)58)20-35-19-62-45-40(35)53(72-47(70-45)41-43(31-13-14-31)63-27-65-51(41)76-4)80-24-30-7-11-34(12-8-30)49-69-39(22-75(49)3)55(59,60)61/h5-12,19,21-22,27-28,31-32H,13-18,20,23-26H2,1-4H3,(H,62,70,72). The topological polar surface area (TPSA) is 204 Å². The van der Waals surface area contributed by atoms with Gasteiger partial charge in [0.1, 0.15) is 60.9 Å². The number of nitrogens with zero attached hydrogens (tertiary/aromatic N) is 13. The van der Waals surface area contributed by atoms with Crippen LogP contribution in [-0.2, 0) is 64.2 Å². The van der Waals surface area contributed by atoms with Crippen LogP contribution in [0.5, 0.6) is 23.5 Å². The monoisotopic (exact) mass is 1100 g/mol. The minimum absolute atomic E-state index is 0.0615. The highest BCUT2D eigenvalue weighted by Gasteiger charge is 2.37. The second-order valence-electron chi connectivity index (χ2n) is 20.0. The average Bonchev–Trinajstić information content (AvgIpc) is 4.37. The summed E-state index contributed by atoms with van der Waals surface area (Å²) in [6.07, 6.45) is 1.37. The highest BCUT2D eigenvalue weighted by atomic mass is 19.4. The summed E-state index contributed by atoms with van der Waals surface area (Å²) in [5.41, 5.74) is 5.97. The van der Waals surface area contributed by atoms with Crippen LogP contribution in [-0.4, -0.2) is 96.2 Å². The van der Waals surface area contributed by atoms with Gasteiger partial charge in [-0.25, -0.2) is 39.9 Å². The van der Waals surface area contributed by atoms with Crippen molar-refractivity contribution in [3.63, 3.8) is 0 Å². The molecular weight excluding hydrogens is 1050 g/mol. The number of nitrogens with one attached hydrogen (secondary N) is 1. The second kappa shape index (κ2) is 20.9. The molecule has 19 nitrogen and oxygen atoms in total. The molecule has 9 aromatic rings. The maximum Gasteiger partial charge on any atom is 0.434 e. The summed E-state index contributed by atoms with van der Waals surface area (Å²) < 4.78 is 114. The van der Waals surface area contributed by atoms with Crippen molar-refractivity contribution in [1.82, 2.24) is 68.9 Å². The Kier molecular flexibility index (Phi) is 13.6. The van der Waals surface area contributed by atoms with E-state index in [-0.39, 0.29) is 62.4 Å². The lowest BCUT2D eigenvalue weighted by Gasteiger charge is -2.19. The lowest BCUT2D eigenvalue weighted by Crippen LogP contribution is -2.24. The molecule has 0 radical (unpaired) electrons. The van der Waals surface area contributed by atoms with E-state index in [1.165, 1.54) is 43.0 Å². The fraction of sp³-hybridized carbons (Fsp3) is 0.345. The quantitative estimate of drug-likeness (QED) is 0.0748. The SMILES string of the molecule is COc1ncnc(C2CC2)c1-c1nc(OCc2ccc(-c3nc(C(F)(F)F)cn3C)cc2)c2c(CN(C)CCOc3ncnc(C4CC4)c3-c3nc4c(c(OCc5ccc(-c6nc(C(F)(F)F)cn6C)cc5)n3)COC4)c[nH]c2n1. The summed E-state index contributed by atoms with van der Waals surface area (Å²) in [5, 5.41) is 0.641. The molecule has 0 unspecified atom stereocenters. The molecule has 412 valence electrons. The highest BCUT2D eigenvalue weighted by Crippen LogP contribution is 2.47. The Morgan fingerprint density at radius 2 is 1.18 bits per heavy atom. The number of fused-ring (bicyclic) bond motifs is 2. The molecule has 1 aliphatic heterocycles. The van der Waals surface area contributed by atoms with Crippen molar-refractivity contribution < 1.29 is 50.0 Å². The Hall–Kier alpha value is -8.58. The molecule has 0 saturated heterocycles. The Bertz CT molecular complexity index is 3760. The summed E-state index contributed by atoms with van der Waals surface area (Å²) >= 11 is 0. The maximum atomic E-state index is 13.5. The number of halogens is 6. The van der Waals surface area contributed by atoms with Gasteiger partial charge in [-0.15, -0.1) is 0 Å². The van der Waals surface area contributed by atoms with Crippen LogP contribution >= 0.6 is 0 Å². The summed E-state index contributed by atoms with van der Waals surface area (Å²) in [6, 6.07) is 13.9. The largest absolute Gasteiger partial charge is 0.480 e. The molecule has 0 atom stereocenters. The maximum absolute atomic E-state index is 13.5.